The van der Waals surface area contributed by atoms with E-state index in [2.05, 4.69) is 19.5 Å². The Morgan fingerprint density at radius 3 is 2.81 bits per heavy atom. The first-order valence-corrected chi connectivity index (χ1v) is 6.52. The molecular weight excluding hydrogens is 236 g/mol. The van der Waals surface area contributed by atoms with Crippen molar-refractivity contribution in [1.29, 1.82) is 0 Å². The standard InChI is InChI=1S/C8H14N2O5S/c1-14-8(11)7-6(4-3-5-9-7)10-15-16(2,12)13/h7,9H,3-5H2,1-2H3. The van der Waals surface area contributed by atoms with Gasteiger partial charge in [-0.1, -0.05) is 5.16 Å². The van der Waals surface area contributed by atoms with Crippen LogP contribution in [-0.4, -0.2) is 46.1 Å². The third kappa shape index (κ3) is 3.78. The van der Waals surface area contributed by atoms with Crippen molar-refractivity contribution in [1.82, 2.24) is 5.32 Å². The van der Waals surface area contributed by atoms with E-state index in [0.717, 1.165) is 12.7 Å². The van der Waals surface area contributed by atoms with Gasteiger partial charge in [-0.15, -0.1) is 0 Å². The molecule has 0 spiro atoms. The summed E-state index contributed by atoms with van der Waals surface area (Å²) < 4.78 is 30.4. The summed E-state index contributed by atoms with van der Waals surface area (Å²) in [4.78, 5) is 11.3. The summed E-state index contributed by atoms with van der Waals surface area (Å²) in [5.41, 5.74) is 0.337. The van der Waals surface area contributed by atoms with Gasteiger partial charge in [0.25, 0.3) is 0 Å². The number of nitrogens with one attached hydrogen (secondary N) is 1. The monoisotopic (exact) mass is 250 g/mol. The number of carbonyl (C=O) groups is 1. The molecule has 0 aromatic heterocycles. The van der Waals surface area contributed by atoms with Crippen LogP contribution in [0.15, 0.2) is 5.16 Å². The van der Waals surface area contributed by atoms with Gasteiger partial charge in [-0.05, 0) is 19.4 Å². The molecular formula is C8H14N2O5S. The van der Waals surface area contributed by atoms with E-state index in [9.17, 15) is 13.2 Å². The fourth-order valence-corrected chi connectivity index (χ4v) is 1.56. The van der Waals surface area contributed by atoms with Crippen LogP contribution in [0.4, 0.5) is 0 Å². The van der Waals surface area contributed by atoms with Crippen molar-refractivity contribution in [2.24, 2.45) is 5.16 Å². The number of methoxy groups -OCH3 is 1. The Bertz CT molecular complexity index is 389. The van der Waals surface area contributed by atoms with E-state index < -0.39 is 22.1 Å². The van der Waals surface area contributed by atoms with E-state index in [4.69, 9.17) is 0 Å². The molecule has 1 rings (SSSR count). The SMILES string of the molecule is COC(=O)C1NCCCC1=NOS(C)(=O)=O. The number of ether oxygens (including phenoxy) is 1. The first-order valence-electron chi connectivity index (χ1n) is 4.70. The van der Waals surface area contributed by atoms with E-state index in [-0.39, 0.29) is 0 Å². The molecule has 1 atom stereocenters. The highest BCUT2D eigenvalue weighted by atomic mass is 32.2. The van der Waals surface area contributed by atoms with Gasteiger partial charge in [0.15, 0.2) is 0 Å². The molecule has 92 valence electrons. The predicted octanol–water partition coefficient (Wildman–Crippen LogP) is -0.756. The molecule has 1 aliphatic heterocycles. The summed E-state index contributed by atoms with van der Waals surface area (Å²) in [6.07, 6.45) is 2.15. The highest BCUT2D eigenvalue weighted by Crippen LogP contribution is 2.08. The van der Waals surface area contributed by atoms with Crippen LogP contribution in [0.1, 0.15) is 12.8 Å². The molecule has 0 aromatic rings. The average molecular weight is 250 g/mol. The molecule has 0 aliphatic carbocycles. The summed E-state index contributed by atoms with van der Waals surface area (Å²) in [6, 6.07) is -0.722. The fourth-order valence-electron chi connectivity index (χ4n) is 1.33. The number of hydrogen-bond donors (Lipinski definition) is 1. The van der Waals surface area contributed by atoms with Gasteiger partial charge in [-0.25, -0.2) is 4.79 Å². The first-order chi connectivity index (χ1) is 7.44. The molecule has 8 heteroatoms. The Hall–Kier alpha value is -1.15. The molecule has 7 nitrogen and oxygen atoms in total. The van der Waals surface area contributed by atoms with Gasteiger partial charge in [-0.3, -0.25) is 9.60 Å². The Kier molecular flexibility index (Phi) is 4.25. The van der Waals surface area contributed by atoms with Gasteiger partial charge in [-0.2, -0.15) is 8.42 Å². The molecule has 1 aliphatic rings. The van der Waals surface area contributed by atoms with Gasteiger partial charge in [0.05, 0.1) is 19.1 Å². The van der Waals surface area contributed by atoms with E-state index in [1.54, 1.807) is 0 Å². The van der Waals surface area contributed by atoms with Crippen molar-refractivity contribution in [2.45, 2.75) is 18.9 Å². The predicted molar refractivity (Wildman–Crippen MR) is 56.4 cm³/mol. The molecule has 0 saturated carbocycles. The molecule has 1 saturated heterocycles. The minimum Gasteiger partial charge on any atom is -0.468 e. The zero-order valence-corrected chi connectivity index (χ0v) is 9.91. The minimum absolute atomic E-state index is 0.337. The van der Waals surface area contributed by atoms with Crippen molar-refractivity contribution < 1.29 is 22.2 Å². The summed E-state index contributed by atoms with van der Waals surface area (Å²) in [5, 5.41) is 6.35. The number of esters is 1. The topological polar surface area (TPSA) is 94.1 Å². The molecule has 1 N–H and O–H groups in total. The van der Waals surface area contributed by atoms with Gasteiger partial charge >= 0.3 is 16.1 Å². The molecule has 1 heterocycles. The summed E-state index contributed by atoms with van der Waals surface area (Å²) in [7, 11) is -2.39. The van der Waals surface area contributed by atoms with Gasteiger partial charge < -0.3 is 4.74 Å². The van der Waals surface area contributed by atoms with Crippen LogP contribution in [0.5, 0.6) is 0 Å². The number of carbonyl (C=O) groups excluding carboxylic acids is 1. The summed E-state index contributed by atoms with van der Waals surface area (Å²) in [6.45, 7) is 0.650. The normalized spacial score (nSPS) is 24.1. The van der Waals surface area contributed by atoms with Crippen LogP contribution in [-0.2, 0) is 23.9 Å². The lowest BCUT2D eigenvalue weighted by Crippen LogP contribution is -2.48. The quantitative estimate of drug-likeness (QED) is 0.523. The average Bonchev–Trinajstić information content (AvgIpc) is 2.25. The number of nitrogens with zero attached hydrogens (tertiary/aromatic N) is 1. The third-order valence-corrected chi connectivity index (χ3v) is 2.36. The zero-order chi connectivity index (χ0) is 12.2. The maximum Gasteiger partial charge on any atom is 0.328 e. The van der Waals surface area contributed by atoms with Gasteiger partial charge in [0, 0.05) is 0 Å². The van der Waals surface area contributed by atoms with Crippen molar-refractivity contribution >= 4 is 21.8 Å². The third-order valence-electron chi connectivity index (χ3n) is 2.02. The second kappa shape index (κ2) is 5.26. The lowest BCUT2D eigenvalue weighted by molar-refractivity contribution is -0.141. The second-order valence-corrected chi connectivity index (χ2v) is 4.93. The number of oxime groups is 1. The molecule has 1 unspecified atom stereocenters. The maximum absolute atomic E-state index is 11.3. The van der Waals surface area contributed by atoms with E-state index in [1.807, 2.05) is 0 Å². The minimum atomic E-state index is -3.65. The highest BCUT2D eigenvalue weighted by Gasteiger charge is 2.28. The largest absolute Gasteiger partial charge is 0.468 e. The van der Waals surface area contributed by atoms with Crippen LogP contribution in [0.3, 0.4) is 0 Å². The Morgan fingerprint density at radius 2 is 2.25 bits per heavy atom. The first kappa shape index (κ1) is 12.9. The Morgan fingerprint density at radius 1 is 1.56 bits per heavy atom. The van der Waals surface area contributed by atoms with Crippen molar-refractivity contribution in [3.63, 3.8) is 0 Å². The number of hydrogen-bond acceptors (Lipinski definition) is 7. The second-order valence-electron chi connectivity index (χ2n) is 3.38. The van der Waals surface area contributed by atoms with Crippen LogP contribution in [0, 0.1) is 0 Å². The highest BCUT2D eigenvalue weighted by molar-refractivity contribution is 7.85. The Balaban J connectivity index is 2.78. The molecule has 0 aromatic carbocycles. The van der Waals surface area contributed by atoms with E-state index in [0.29, 0.717) is 18.7 Å². The molecule has 16 heavy (non-hydrogen) atoms. The summed E-state index contributed by atoms with van der Waals surface area (Å²) in [5.74, 6) is -0.504. The lowest BCUT2D eigenvalue weighted by Gasteiger charge is -2.22. The molecule has 0 radical (unpaired) electrons. The van der Waals surface area contributed by atoms with E-state index in [1.165, 1.54) is 7.11 Å². The number of piperidine rings is 1. The van der Waals surface area contributed by atoms with Crippen molar-refractivity contribution in [2.75, 3.05) is 19.9 Å². The summed E-state index contributed by atoms with van der Waals surface area (Å²) >= 11 is 0. The van der Waals surface area contributed by atoms with Gasteiger partial charge in [0.2, 0.25) is 0 Å². The Labute approximate surface area is 93.9 Å². The van der Waals surface area contributed by atoms with Crippen LogP contribution in [0.25, 0.3) is 0 Å². The van der Waals surface area contributed by atoms with Crippen molar-refractivity contribution in [3.05, 3.63) is 0 Å². The van der Waals surface area contributed by atoms with Crippen molar-refractivity contribution in [3.8, 4) is 0 Å². The zero-order valence-electron chi connectivity index (χ0n) is 9.10. The van der Waals surface area contributed by atoms with Crippen LogP contribution >= 0.6 is 0 Å². The lowest BCUT2D eigenvalue weighted by atomic mass is 10.0. The fraction of sp³-hybridized carbons (Fsp3) is 0.750. The van der Waals surface area contributed by atoms with Gasteiger partial charge in [0.1, 0.15) is 6.04 Å². The molecule has 0 bridgehead atoms. The molecule has 1 fully saturated rings. The number of rotatable bonds is 3. The molecule has 0 amide bonds. The van der Waals surface area contributed by atoms with Crippen LogP contribution < -0.4 is 5.32 Å². The van der Waals surface area contributed by atoms with Crippen LogP contribution in [0.2, 0.25) is 0 Å². The smallest absolute Gasteiger partial charge is 0.328 e. The maximum atomic E-state index is 11.3. The van der Waals surface area contributed by atoms with E-state index >= 15 is 0 Å².